The first kappa shape index (κ1) is 12.0. The molecule has 0 unspecified atom stereocenters. The third-order valence-corrected chi connectivity index (χ3v) is 2.77. The van der Waals surface area contributed by atoms with Gasteiger partial charge in [0.05, 0.1) is 12.7 Å². The Morgan fingerprint density at radius 3 is 2.41 bits per heavy atom. The Kier molecular flexibility index (Phi) is 2.91. The van der Waals surface area contributed by atoms with Gasteiger partial charge in [-0.25, -0.2) is 0 Å². The van der Waals surface area contributed by atoms with E-state index in [1.165, 1.54) is 7.11 Å². The van der Waals surface area contributed by atoms with Gasteiger partial charge in [0.2, 0.25) is 0 Å². The second kappa shape index (κ2) is 4.11. The smallest absolute Gasteiger partial charge is 0.416 e. The van der Waals surface area contributed by atoms with Crippen LogP contribution in [0.3, 0.4) is 0 Å². The topological polar surface area (TPSA) is 9.23 Å². The summed E-state index contributed by atoms with van der Waals surface area (Å²) in [4.78, 5) is 0. The zero-order chi connectivity index (χ0) is 12.6. The maximum atomic E-state index is 12.6. The van der Waals surface area contributed by atoms with Crippen molar-refractivity contribution in [2.45, 2.75) is 6.18 Å². The predicted molar refractivity (Wildman–Crippen MR) is 60.5 cm³/mol. The number of hydrogen-bond acceptors (Lipinski definition) is 1. The minimum atomic E-state index is -4.42. The fraction of sp³-hybridized carbons (Fsp3) is 0.167. The monoisotopic (exact) mass is 260 g/mol. The summed E-state index contributed by atoms with van der Waals surface area (Å²) in [6, 6.07) is 6.89. The van der Waals surface area contributed by atoms with Crippen molar-refractivity contribution < 1.29 is 17.9 Å². The van der Waals surface area contributed by atoms with Crippen molar-refractivity contribution in [2.75, 3.05) is 7.11 Å². The number of rotatable bonds is 1. The lowest BCUT2D eigenvalue weighted by Gasteiger charge is -2.11. The van der Waals surface area contributed by atoms with E-state index >= 15 is 0 Å². The van der Waals surface area contributed by atoms with E-state index in [9.17, 15) is 13.2 Å². The summed E-state index contributed by atoms with van der Waals surface area (Å²) in [5.41, 5.74) is -0.778. The van der Waals surface area contributed by atoms with E-state index in [0.29, 0.717) is 16.5 Å². The van der Waals surface area contributed by atoms with Crippen LogP contribution in [0.25, 0.3) is 10.8 Å². The molecule has 0 aliphatic heterocycles. The van der Waals surface area contributed by atoms with Crippen molar-refractivity contribution in [3.05, 3.63) is 40.9 Å². The Hall–Kier alpha value is -1.42. The van der Waals surface area contributed by atoms with E-state index in [1.807, 2.05) is 0 Å². The van der Waals surface area contributed by atoms with E-state index in [4.69, 9.17) is 16.3 Å². The molecule has 0 radical (unpaired) electrons. The molecule has 0 aliphatic carbocycles. The lowest BCUT2D eigenvalue weighted by molar-refractivity contribution is -0.137. The summed E-state index contributed by atoms with van der Waals surface area (Å²) < 4.78 is 42.9. The Balaban J connectivity index is 2.79. The highest BCUT2D eigenvalue weighted by Crippen LogP contribution is 2.37. The van der Waals surface area contributed by atoms with Gasteiger partial charge in [-0.2, -0.15) is 13.2 Å². The van der Waals surface area contributed by atoms with Crippen LogP contribution in [0.1, 0.15) is 5.56 Å². The van der Waals surface area contributed by atoms with Crippen molar-refractivity contribution in [3.8, 4) is 5.75 Å². The zero-order valence-corrected chi connectivity index (χ0v) is 9.56. The summed E-state index contributed by atoms with van der Waals surface area (Å²) in [7, 11) is 1.41. The van der Waals surface area contributed by atoms with Gasteiger partial charge in [-0.05, 0) is 18.2 Å². The summed E-state index contributed by atoms with van der Waals surface area (Å²) >= 11 is 5.84. The highest BCUT2D eigenvalue weighted by molar-refractivity contribution is 6.35. The molecule has 0 N–H and O–H groups in total. The quantitative estimate of drug-likeness (QED) is 0.732. The highest BCUT2D eigenvalue weighted by Gasteiger charge is 2.31. The van der Waals surface area contributed by atoms with E-state index < -0.39 is 11.7 Å². The average Bonchev–Trinajstić information content (AvgIpc) is 2.27. The zero-order valence-electron chi connectivity index (χ0n) is 8.81. The summed E-state index contributed by atoms with van der Waals surface area (Å²) in [5.74, 6) is 0.371. The summed E-state index contributed by atoms with van der Waals surface area (Å²) in [6.07, 6.45) is -4.42. The second-order valence-corrected chi connectivity index (χ2v) is 3.92. The van der Waals surface area contributed by atoms with Gasteiger partial charge in [-0.1, -0.05) is 23.7 Å². The number of ether oxygens (including phenoxy) is 1. The van der Waals surface area contributed by atoms with Gasteiger partial charge in [0.25, 0.3) is 0 Å². The molecule has 0 saturated heterocycles. The molecule has 0 amide bonds. The first-order valence-electron chi connectivity index (χ1n) is 4.77. The SMILES string of the molecule is COc1cccc2c(Cl)cc(C(F)(F)F)cc12. The third-order valence-electron chi connectivity index (χ3n) is 2.45. The number of alkyl halides is 3. The lowest BCUT2D eigenvalue weighted by atomic mass is 10.1. The molecule has 2 aromatic rings. The molecule has 0 saturated carbocycles. The van der Waals surface area contributed by atoms with E-state index in [2.05, 4.69) is 0 Å². The standard InChI is InChI=1S/C12H8ClF3O/c1-17-11-4-2-3-8-9(11)5-7(6-10(8)13)12(14,15)16/h2-6H,1H3. The van der Waals surface area contributed by atoms with Gasteiger partial charge in [-0.3, -0.25) is 0 Å². The molecule has 0 atom stereocenters. The van der Waals surface area contributed by atoms with Crippen molar-refractivity contribution >= 4 is 22.4 Å². The van der Waals surface area contributed by atoms with E-state index in [-0.39, 0.29) is 5.02 Å². The van der Waals surface area contributed by atoms with Crippen LogP contribution in [-0.2, 0) is 6.18 Å². The number of halogens is 4. The maximum Gasteiger partial charge on any atom is 0.416 e. The van der Waals surface area contributed by atoms with Gasteiger partial charge in [0.1, 0.15) is 5.75 Å². The number of fused-ring (bicyclic) bond motifs is 1. The maximum absolute atomic E-state index is 12.6. The largest absolute Gasteiger partial charge is 0.496 e. The summed E-state index contributed by atoms with van der Waals surface area (Å²) in [5, 5.41) is 0.961. The number of hydrogen-bond donors (Lipinski definition) is 0. The van der Waals surface area contributed by atoms with Crippen LogP contribution >= 0.6 is 11.6 Å². The third kappa shape index (κ3) is 2.17. The van der Waals surface area contributed by atoms with Crippen LogP contribution < -0.4 is 4.74 Å². The molecule has 2 rings (SSSR count). The Labute approximate surface area is 101 Å². The Morgan fingerprint density at radius 1 is 1.12 bits per heavy atom. The van der Waals surface area contributed by atoms with E-state index in [1.54, 1.807) is 18.2 Å². The van der Waals surface area contributed by atoms with Crippen LogP contribution in [0.2, 0.25) is 5.02 Å². The molecule has 0 fully saturated rings. The Morgan fingerprint density at radius 2 is 1.82 bits per heavy atom. The minimum absolute atomic E-state index is 0.0636. The normalized spacial score (nSPS) is 11.8. The highest BCUT2D eigenvalue weighted by atomic mass is 35.5. The van der Waals surface area contributed by atoms with Crippen molar-refractivity contribution in [2.24, 2.45) is 0 Å². The molecule has 0 aliphatic rings. The van der Waals surface area contributed by atoms with Crippen LogP contribution in [0, 0.1) is 0 Å². The first-order valence-corrected chi connectivity index (χ1v) is 5.14. The van der Waals surface area contributed by atoms with Gasteiger partial charge in [-0.15, -0.1) is 0 Å². The molecular formula is C12H8ClF3O. The van der Waals surface area contributed by atoms with Gasteiger partial charge in [0.15, 0.2) is 0 Å². The van der Waals surface area contributed by atoms with Crippen LogP contribution in [0.4, 0.5) is 13.2 Å². The van der Waals surface area contributed by atoms with Crippen molar-refractivity contribution in [3.63, 3.8) is 0 Å². The van der Waals surface area contributed by atoms with Crippen molar-refractivity contribution in [1.82, 2.24) is 0 Å². The van der Waals surface area contributed by atoms with Crippen molar-refractivity contribution in [1.29, 1.82) is 0 Å². The molecule has 0 bridgehead atoms. The fourth-order valence-corrected chi connectivity index (χ4v) is 1.94. The predicted octanol–water partition coefficient (Wildman–Crippen LogP) is 4.52. The molecule has 0 heterocycles. The van der Waals surface area contributed by atoms with Gasteiger partial charge >= 0.3 is 6.18 Å². The molecule has 5 heteroatoms. The minimum Gasteiger partial charge on any atom is -0.496 e. The summed E-state index contributed by atoms with van der Waals surface area (Å²) in [6.45, 7) is 0. The first-order chi connectivity index (χ1) is 7.93. The molecule has 90 valence electrons. The fourth-order valence-electron chi connectivity index (χ4n) is 1.65. The lowest BCUT2D eigenvalue weighted by Crippen LogP contribution is -2.04. The second-order valence-electron chi connectivity index (χ2n) is 3.51. The average molecular weight is 261 g/mol. The number of benzene rings is 2. The molecule has 2 aromatic carbocycles. The van der Waals surface area contributed by atoms with E-state index in [0.717, 1.165) is 12.1 Å². The van der Waals surface area contributed by atoms with Crippen LogP contribution in [0.5, 0.6) is 5.75 Å². The van der Waals surface area contributed by atoms with Crippen LogP contribution in [0.15, 0.2) is 30.3 Å². The van der Waals surface area contributed by atoms with Gasteiger partial charge < -0.3 is 4.74 Å². The molecule has 0 spiro atoms. The van der Waals surface area contributed by atoms with Gasteiger partial charge in [0, 0.05) is 15.8 Å². The van der Waals surface area contributed by atoms with Crippen LogP contribution in [-0.4, -0.2) is 7.11 Å². The molecule has 0 aromatic heterocycles. The number of methoxy groups -OCH3 is 1. The molecule has 1 nitrogen and oxygen atoms in total. The Bertz CT molecular complexity index is 563. The molecule has 17 heavy (non-hydrogen) atoms. The molecular weight excluding hydrogens is 253 g/mol.